The first-order valence-corrected chi connectivity index (χ1v) is 14.2. The Hall–Kier alpha value is -4.83. The molecular weight excluding hydrogens is 576 g/mol. The first kappa shape index (κ1) is 27.0. The van der Waals surface area contributed by atoms with Gasteiger partial charge >= 0.3 is 11.7 Å². The number of ether oxygens (including phenoxy) is 2. The van der Waals surface area contributed by atoms with Crippen LogP contribution in [0.15, 0.2) is 78.9 Å². The number of carbonyl (C=O) groups is 4. The van der Waals surface area contributed by atoms with Crippen LogP contribution in [-0.2, 0) is 14.3 Å². The van der Waals surface area contributed by atoms with Crippen LogP contribution in [0.1, 0.15) is 27.1 Å². The van der Waals surface area contributed by atoms with E-state index in [0.29, 0.717) is 17.5 Å². The zero-order chi connectivity index (χ0) is 30.0. The topological polar surface area (TPSA) is 133 Å². The number of ketones is 1. The van der Waals surface area contributed by atoms with Crippen molar-refractivity contribution in [2.45, 2.75) is 6.42 Å². The van der Waals surface area contributed by atoms with Crippen molar-refractivity contribution in [1.29, 1.82) is 0 Å². The van der Waals surface area contributed by atoms with Crippen molar-refractivity contribution < 1.29 is 33.6 Å². The molecule has 8 rings (SSSR count). The molecule has 0 unspecified atom stereocenters. The highest BCUT2D eigenvalue weighted by molar-refractivity contribution is 6.32. The summed E-state index contributed by atoms with van der Waals surface area (Å²) in [6.45, 7) is -0.526. The summed E-state index contributed by atoms with van der Waals surface area (Å²) in [7, 11) is 0. The largest absolute Gasteiger partial charge is 0.454 e. The van der Waals surface area contributed by atoms with E-state index in [2.05, 4.69) is 12.2 Å². The summed E-state index contributed by atoms with van der Waals surface area (Å²) in [6.07, 6.45) is 5.32. The number of esters is 1. The Labute approximate surface area is 250 Å². The molecule has 3 aromatic rings. The van der Waals surface area contributed by atoms with Gasteiger partial charge in [0.15, 0.2) is 12.4 Å². The van der Waals surface area contributed by atoms with Gasteiger partial charge in [-0.15, -0.1) is 0 Å². The molecule has 5 aliphatic rings. The monoisotopic (exact) mass is 598 g/mol. The number of amides is 2. The predicted molar refractivity (Wildman–Crippen MR) is 153 cm³/mol. The molecule has 1 aliphatic heterocycles. The van der Waals surface area contributed by atoms with Gasteiger partial charge in [0.25, 0.3) is 0 Å². The summed E-state index contributed by atoms with van der Waals surface area (Å²) >= 11 is 6.06. The normalized spacial score (nSPS) is 26.1. The number of Topliss-reactive ketones (excluding diaryl/α,β-unsaturated/α-hetero) is 1. The first-order valence-electron chi connectivity index (χ1n) is 13.8. The lowest BCUT2D eigenvalue weighted by atomic mass is 9.63. The Morgan fingerprint density at radius 3 is 2.09 bits per heavy atom. The number of hydrogen-bond donors (Lipinski definition) is 0. The molecule has 0 spiro atoms. The van der Waals surface area contributed by atoms with E-state index in [0.717, 1.165) is 6.42 Å². The lowest BCUT2D eigenvalue weighted by Crippen LogP contribution is -2.40. The lowest BCUT2D eigenvalue weighted by Gasteiger charge is -2.37. The van der Waals surface area contributed by atoms with Gasteiger partial charge < -0.3 is 9.47 Å². The Morgan fingerprint density at radius 1 is 0.884 bits per heavy atom. The summed E-state index contributed by atoms with van der Waals surface area (Å²) in [4.78, 5) is 63.8. The number of nitro groups is 1. The average molecular weight is 599 g/mol. The van der Waals surface area contributed by atoms with Crippen LogP contribution in [-0.4, -0.2) is 35.1 Å². The molecule has 2 amide bonds. The molecule has 4 aliphatic carbocycles. The number of halogens is 1. The van der Waals surface area contributed by atoms with Gasteiger partial charge in [-0.05, 0) is 84.7 Å². The maximum Gasteiger partial charge on any atom is 0.338 e. The van der Waals surface area contributed by atoms with Crippen molar-refractivity contribution in [2.24, 2.45) is 35.5 Å². The minimum absolute atomic E-state index is 0.0615. The molecule has 43 heavy (non-hydrogen) atoms. The number of nitrogens with zero attached hydrogens (tertiary/aromatic N) is 2. The number of hydrogen-bond acceptors (Lipinski definition) is 8. The van der Waals surface area contributed by atoms with Crippen molar-refractivity contribution >= 4 is 46.5 Å². The predicted octanol–water partition coefficient (Wildman–Crippen LogP) is 5.64. The summed E-state index contributed by atoms with van der Waals surface area (Å²) in [5.41, 5.74) is 0.512. The molecule has 10 nitrogen and oxygen atoms in total. The molecule has 2 saturated carbocycles. The van der Waals surface area contributed by atoms with E-state index in [4.69, 9.17) is 21.1 Å². The zero-order valence-electron chi connectivity index (χ0n) is 22.4. The molecule has 216 valence electrons. The zero-order valence-corrected chi connectivity index (χ0v) is 23.2. The van der Waals surface area contributed by atoms with Gasteiger partial charge in [0, 0.05) is 11.6 Å². The summed E-state index contributed by atoms with van der Waals surface area (Å²) in [5, 5.41) is 11.3. The molecule has 2 bridgehead atoms. The lowest BCUT2D eigenvalue weighted by molar-refractivity contribution is -0.385. The minimum Gasteiger partial charge on any atom is -0.454 e. The van der Waals surface area contributed by atoms with Crippen LogP contribution in [0.2, 0.25) is 5.02 Å². The maximum absolute atomic E-state index is 13.3. The third-order valence-corrected chi connectivity index (χ3v) is 9.20. The molecule has 0 radical (unpaired) electrons. The average Bonchev–Trinajstić information content (AvgIpc) is 3.79. The molecule has 1 heterocycles. The van der Waals surface area contributed by atoms with Crippen LogP contribution < -0.4 is 9.64 Å². The summed E-state index contributed by atoms with van der Waals surface area (Å²) < 4.78 is 10.8. The van der Waals surface area contributed by atoms with Gasteiger partial charge in [0.1, 0.15) is 5.75 Å². The second-order valence-corrected chi connectivity index (χ2v) is 11.6. The molecule has 3 fully saturated rings. The van der Waals surface area contributed by atoms with E-state index >= 15 is 0 Å². The standard InChI is InChI=1S/C32H23ClN2O8/c33-24-2-1-3-25(35(40)41)29(24)43-19-10-6-16(7-11-19)26(36)15-42-32(39)17-4-8-18(9-5-17)34-30(37)27-20-12-13-21(23-14-22(20)23)28(27)31(34)38/h1-13,20-23,27-28H,14-15H2/t20-,21-,22-,23+,27-,28+/m0/s1. The Balaban J connectivity index is 0.967. The SMILES string of the molecule is O=C(COC(=O)c1ccc(N2C(=O)[C@@H]3[C@H]4C=C[C@@H]([C@@H]5C[C@H]45)[C@@H]3C2=O)cc1)c1ccc(Oc2c(Cl)cccc2[N+](=O)[O-])cc1. The number of anilines is 1. The molecular formula is C32H23ClN2O8. The van der Waals surface area contributed by atoms with Crippen molar-refractivity contribution in [3.05, 3.63) is 105 Å². The van der Waals surface area contributed by atoms with Crippen LogP contribution >= 0.6 is 11.6 Å². The van der Waals surface area contributed by atoms with Crippen molar-refractivity contribution in [2.75, 3.05) is 11.5 Å². The van der Waals surface area contributed by atoms with Gasteiger partial charge in [0.05, 0.1) is 33.0 Å². The highest BCUT2D eigenvalue weighted by Gasteiger charge is 2.67. The second kappa shape index (κ2) is 10.2. The van der Waals surface area contributed by atoms with Crippen molar-refractivity contribution in [3.8, 4) is 11.5 Å². The van der Waals surface area contributed by atoms with Gasteiger partial charge in [-0.3, -0.25) is 29.4 Å². The number of imide groups is 1. The van der Waals surface area contributed by atoms with E-state index in [1.165, 1.54) is 59.5 Å². The van der Waals surface area contributed by atoms with Crippen molar-refractivity contribution in [1.82, 2.24) is 0 Å². The van der Waals surface area contributed by atoms with Crippen LogP contribution in [0, 0.1) is 45.6 Å². The van der Waals surface area contributed by atoms with E-state index in [9.17, 15) is 29.3 Å². The van der Waals surface area contributed by atoms with Crippen LogP contribution in [0.25, 0.3) is 0 Å². The first-order chi connectivity index (χ1) is 20.7. The number of nitro benzene ring substituents is 1. The van der Waals surface area contributed by atoms with E-state index in [1.54, 1.807) is 12.1 Å². The number of allylic oxidation sites excluding steroid dienone is 2. The fourth-order valence-electron chi connectivity index (χ4n) is 6.82. The summed E-state index contributed by atoms with van der Waals surface area (Å²) in [6, 6.07) is 16.0. The molecule has 1 saturated heterocycles. The highest BCUT2D eigenvalue weighted by atomic mass is 35.5. The summed E-state index contributed by atoms with van der Waals surface area (Å²) in [5.74, 6) is -0.809. The fraction of sp³-hybridized carbons (Fsp3) is 0.250. The van der Waals surface area contributed by atoms with Crippen LogP contribution in [0.5, 0.6) is 11.5 Å². The molecule has 0 aromatic heterocycles. The smallest absolute Gasteiger partial charge is 0.338 e. The molecule has 11 heteroatoms. The number of carbonyl (C=O) groups excluding carboxylic acids is 4. The van der Waals surface area contributed by atoms with Gasteiger partial charge in [-0.1, -0.05) is 29.8 Å². The van der Waals surface area contributed by atoms with E-state index in [1.807, 2.05) is 0 Å². The van der Waals surface area contributed by atoms with Crippen LogP contribution in [0.4, 0.5) is 11.4 Å². The Bertz CT molecular complexity index is 1700. The fourth-order valence-corrected chi connectivity index (χ4v) is 7.03. The Kier molecular flexibility index (Phi) is 6.39. The van der Waals surface area contributed by atoms with Crippen LogP contribution in [0.3, 0.4) is 0 Å². The van der Waals surface area contributed by atoms with E-state index < -0.39 is 23.3 Å². The van der Waals surface area contributed by atoms with E-state index in [-0.39, 0.29) is 68.8 Å². The molecule has 6 atom stereocenters. The Morgan fingerprint density at radius 2 is 1.49 bits per heavy atom. The van der Waals surface area contributed by atoms with Crippen molar-refractivity contribution in [3.63, 3.8) is 0 Å². The molecule has 0 N–H and O–H groups in total. The number of rotatable bonds is 8. The maximum atomic E-state index is 13.3. The third-order valence-electron chi connectivity index (χ3n) is 8.90. The number of benzene rings is 3. The highest BCUT2D eigenvalue weighted by Crippen LogP contribution is 2.65. The third kappa shape index (κ3) is 4.49. The number of para-hydroxylation sites is 1. The molecule has 3 aromatic carbocycles. The van der Waals surface area contributed by atoms with Gasteiger partial charge in [0.2, 0.25) is 17.6 Å². The van der Waals surface area contributed by atoms with Gasteiger partial charge in [-0.25, -0.2) is 4.79 Å². The minimum atomic E-state index is -0.735. The second-order valence-electron chi connectivity index (χ2n) is 11.2. The van der Waals surface area contributed by atoms with Gasteiger partial charge in [-0.2, -0.15) is 0 Å². The quantitative estimate of drug-likeness (QED) is 0.0812.